The maximum absolute atomic E-state index is 11.0. The first kappa shape index (κ1) is 6.79. The summed E-state index contributed by atoms with van der Waals surface area (Å²) in [6.45, 7) is 2.87. The van der Waals surface area contributed by atoms with E-state index in [1.807, 2.05) is 6.92 Å². The molecule has 0 aromatic rings. The molecule has 0 amide bonds. The molecule has 0 radical (unpaired) electrons. The molecule has 2 atom stereocenters. The van der Waals surface area contributed by atoms with Crippen LogP contribution in [0.25, 0.3) is 0 Å². The highest BCUT2D eigenvalue weighted by molar-refractivity contribution is 6.07. The van der Waals surface area contributed by atoms with Crippen molar-refractivity contribution < 1.29 is 9.63 Å². The van der Waals surface area contributed by atoms with Gasteiger partial charge in [-0.1, -0.05) is 5.16 Å². The Hall–Kier alpha value is -0.900. The molecule has 0 saturated carbocycles. The van der Waals surface area contributed by atoms with E-state index < -0.39 is 0 Å². The van der Waals surface area contributed by atoms with E-state index in [1.54, 1.807) is 0 Å². The lowest BCUT2D eigenvalue weighted by Gasteiger charge is -2.22. The van der Waals surface area contributed by atoms with Gasteiger partial charge in [-0.15, -0.1) is 0 Å². The number of nitrogens with one attached hydrogen (secondary N) is 1. The predicted molar refractivity (Wildman–Crippen MR) is 39.1 cm³/mol. The fraction of sp³-hybridized carbons (Fsp3) is 0.714. The minimum Gasteiger partial charge on any atom is -0.318 e. The van der Waals surface area contributed by atoms with Crippen LogP contribution in [-0.4, -0.2) is 24.3 Å². The average Bonchev–Trinajstić information content (AvgIpc) is 2.35. The molecule has 60 valence electrons. The summed E-state index contributed by atoms with van der Waals surface area (Å²) >= 11 is 0. The zero-order chi connectivity index (χ0) is 7.84. The molecule has 2 unspecified atom stereocenters. The predicted octanol–water partition coefficient (Wildman–Crippen LogP) is -0.103. The number of carbonyl (C=O) groups is 1. The molecule has 2 aliphatic heterocycles. The Balaban J connectivity index is 2.22. The fourth-order valence-electron chi connectivity index (χ4n) is 1.54. The van der Waals surface area contributed by atoms with Gasteiger partial charge in [-0.2, -0.15) is 0 Å². The highest BCUT2D eigenvalue weighted by Crippen LogP contribution is 2.20. The van der Waals surface area contributed by atoms with E-state index in [0.29, 0.717) is 0 Å². The second kappa shape index (κ2) is 2.30. The second-order valence-electron chi connectivity index (χ2n) is 2.94. The van der Waals surface area contributed by atoms with Crippen LogP contribution in [0.4, 0.5) is 0 Å². The summed E-state index contributed by atoms with van der Waals surface area (Å²) in [5.74, 6) is -0.250. The van der Waals surface area contributed by atoms with Crippen LogP contribution in [0, 0.1) is 5.92 Å². The Labute approximate surface area is 64.6 Å². The lowest BCUT2D eigenvalue weighted by Crippen LogP contribution is -2.44. The van der Waals surface area contributed by atoms with Crippen LogP contribution < -0.4 is 5.32 Å². The van der Waals surface area contributed by atoms with Crippen molar-refractivity contribution >= 4 is 11.7 Å². The first-order valence-electron chi connectivity index (χ1n) is 3.81. The number of rotatable bonds is 0. The molecule has 11 heavy (non-hydrogen) atoms. The zero-order valence-electron chi connectivity index (χ0n) is 6.33. The van der Waals surface area contributed by atoms with Crippen LogP contribution in [0.1, 0.15) is 13.3 Å². The molecule has 0 aromatic carbocycles. The van der Waals surface area contributed by atoms with Crippen molar-refractivity contribution in [1.29, 1.82) is 0 Å². The molecule has 1 N–H and O–H groups in total. The molecule has 4 heteroatoms. The number of nitrogens with zero attached hydrogens (tertiary/aromatic N) is 1. The molecule has 2 aliphatic rings. The fourth-order valence-corrected chi connectivity index (χ4v) is 1.54. The van der Waals surface area contributed by atoms with Crippen LogP contribution in [0.15, 0.2) is 5.16 Å². The molecule has 0 aromatic heterocycles. The topological polar surface area (TPSA) is 50.7 Å². The summed E-state index contributed by atoms with van der Waals surface area (Å²) in [6, 6.07) is 0.195. The van der Waals surface area contributed by atoms with E-state index in [4.69, 9.17) is 0 Å². The number of piperidine rings is 1. The Morgan fingerprint density at radius 2 is 2.55 bits per heavy atom. The van der Waals surface area contributed by atoms with Crippen molar-refractivity contribution in [3.63, 3.8) is 0 Å². The largest absolute Gasteiger partial charge is 0.343 e. The second-order valence-corrected chi connectivity index (χ2v) is 2.94. The highest BCUT2D eigenvalue weighted by atomic mass is 16.7. The lowest BCUT2D eigenvalue weighted by atomic mass is 9.92. The molecule has 2 rings (SSSR count). The van der Waals surface area contributed by atoms with E-state index in [9.17, 15) is 4.79 Å². The first-order chi connectivity index (χ1) is 5.29. The van der Waals surface area contributed by atoms with Gasteiger partial charge in [0, 0.05) is 6.04 Å². The van der Waals surface area contributed by atoms with E-state index in [0.717, 1.165) is 18.7 Å². The third-order valence-corrected chi connectivity index (χ3v) is 2.21. The van der Waals surface area contributed by atoms with Crippen LogP contribution in [0.5, 0.6) is 0 Å². The molecule has 0 aliphatic carbocycles. The van der Waals surface area contributed by atoms with Gasteiger partial charge in [-0.05, 0) is 19.9 Å². The van der Waals surface area contributed by atoms with Gasteiger partial charge >= 0.3 is 5.97 Å². The van der Waals surface area contributed by atoms with Crippen molar-refractivity contribution in [3.8, 4) is 0 Å². The molecule has 0 spiro atoms. The molecule has 1 saturated heterocycles. The minimum absolute atomic E-state index is 0.0637. The smallest absolute Gasteiger partial charge is 0.318 e. The van der Waals surface area contributed by atoms with Gasteiger partial charge in [0.25, 0.3) is 0 Å². The van der Waals surface area contributed by atoms with Crippen LogP contribution in [0.3, 0.4) is 0 Å². The summed E-state index contributed by atoms with van der Waals surface area (Å²) in [6.07, 6.45) is 0.821. The van der Waals surface area contributed by atoms with E-state index >= 15 is 0 Å². The Kier molecular flexibility index (Phi) is 1.42. The lowest BCUT2D eigenvalue weighted by molar-refractivity contribution is -0.143. The monoisotopic (exact) mass is 154 g/mol. The molecule has 0 bridgehead atoms. The summed E-state index contributed by atoms with van der Waals surface area (Å²) in [4.78, 5) is 15.6. The van der Waals surface area contributed by atoms with Crippen LogP contribution in [0.2, 0.25) is 0 Å². The van der Waals surface area contributed by atoms with Crippen molar-refractivity contribution in [3.05, 3.63) is 0 Å². The summed E-state index contributed by atoms with van der Waals surface area (Å²) in [5, 5.41) is 6.94. The van der Waals surface area contributed by atoms with Crippen molar-refractivity contribution in [2.75, 3.05) is 6.54 Å². The Morgan fingerprint density at radius 3 is 3.27 bits per heavy atom. The van der Waals surface area contributed by atoms with E-state index in [-0.39, 0.29) is 17.9 Å². The van der Waals surface area contributed by atoms with E-state index in [1.165, 1.54) is 0 Å². The van der Waals surface area contributed by atoms with Gasteiger partial charge in [0.05, 0.1) is 5.71 Å². The molecular weight excluding hydrogens is 144 g/mol. The maximum atomic E-state index is 11.0. The number of hydrogen-bond acceptors (Lipinski definition) is 4. The zero-order valence-corrected chi connectivity index (χ0v) is 6.33. The third-order valence-electron chi connectivity index (χ3n) is 2.21. The number of carbonyl (C=O) groups excluding carboxylic acids is 1. The minimum atomic E-state index is -0.187. The van der Waals surface area contributed by atoms with Gasteiger partial charge in [0.1, 0.15) is 5.92 Å². The summed E-state index contributed by atoms with van der Waals surface area (Å²) in [5.41, 5.74) is 0.862. The normalized spacial score (nSPS) is 36.1. The Morgan fingerprint density at radius 1 is 1.73 bits per heavy atom. The van der Waals surface area contributed by atoms with Crippen molar-refractivity contribution in [1.82, 2.24) is 5.32 Å². The molecule has 2 heterocycles. The molecule has 4 nitrogen and oxygen atoms in total. The number of oxime groups is 1. The number of fused-ring (bicyclic) bond motifs is 1. The van der Waals surface area contributed by atoms with Gasteiger partial charge in [0.2, 0.25) is 0 Å². The average molecular weight is 154 g/mol. The Bertz CT molecular complexity index is 224. The highest BCUT2D eigenvalue weighted by Gasteiger charge is 2.37. The summed E-state index contributed by atoms with van der Waals surface area (Å²) in [7, 11) is 0. The first-order valence-corrected chi connectivity index (χ1v) is 3.81. The summed E-state index contributed by atoms with van der Waals surface area (Å²) < 4.78 is 0. The SMILES string of the molecule is CC1NCCC2C(=O)ON=C12. The molecular formula is C7H10N2O2. The number of hydrogen-bond donors (Lipinski definition) is 1. The third kappa shape index (κ3) is 0.939. The van der Waals surface area contributed by atoms with Crippen LogP contribution in [-0.2, 0) is 9.63 Å². The maximum Gasteiger partial charge on any atom is 0.343 e. The standard InChI is InChI=1S/C7H10N2O2/c1-4-6-5(2-3-8-4)7(10)11-9-6/h4-5,8H,2-3H2,1H3. The quantitative estimate of drug-likeness (QED) is 0.495. The van der Waals surface area contributed by atoms with E-state index in [2.05, 4.69) is 15.3 Å². The van der Waals surface area contributed by atoms with Gasteiger partial charge < -0.3 is 10.2 Å². The van der Waals surface area contributed by atoms with Crippen molar-refractivity contribution in [2.24, 2.45) is 11.1 Å². The van der Waals surface area contributed by atoms with Crippen molar-refractivity contribution in [2.45, 2.75) is 19.4 Å². The van der Waals surface area contributed by atoms with Gasteiger partial charge in [-0.3, -0.25) is 0 Å². The van der Waals surface area contributed by atoms with Gasteiger partial charge in [0.15, 0.2) is 0 Å². The van der Waals surface area contributed by atoms with Gasteiger partial charge in [-0.25, -0.2) is 4.79 Å². The van der Waals surface area contributed by atoms with Crippen LogP contribution >= 0.6 is 0 Å². The molecule has 1 fully saturated rings.